The molecule has 1 aliphatic heterocycles. The van der Waals surface area contributed by atoms with Crippen LogP contribution >= 0.6 is 27.5 Å². The van der Waals surface area contributed by atoms with Crippen LogP contribution in [0, 0.1) is 5.82 Å². The van der Waals surface area contributed by atoms with E-state index in [2.05, 4.69) is 21.2 Å². The lowest BCUT2D eigenvalue weighted by molar-refractivity contribution is -0.0312. The largest absolute Gasteiger partial charge is 0.478 e. The number of nitrogens with one attached hydrogen (secondary N) is 1. The van der Waals surface area contributed by atoms with Crippen LogP contribution in [0.25, 0.3) is 0 Å². The number of benzene rings is 3. The van der Waals surface area contributed by atoms with E-state index < -0.39 is 23.4 Å². The Morgan fingerprint density at radius 2 is 1.85 bits per heavy atom. The van der Waals surface area contributed by atoms with Gasteiger partial charge in [0.2, 0.25) is 0 Å². The number of halogens is 3. The van der Waals surface area contributed by atoms with E-state index in [1.807, 2.05) is 60.7 Å². The van der Waals surface area contributed by atoms with Crippen molar-refractivity contribution in [2.75, 3.05) is 20.3 Å². The summed E-state index contributed by atoms with van der Waals surface area (Å²) in [4.78, 5) is 12.0. The lowest BCUT2D eigenvalue weighted by atomic mass is 9.80. The number of ether oxygens (including phenoxy) is 3. The molecule has 1 aliphatic rings. The second kappa shape index (κ2) is 10.1. The molecule has 1 N–H and O–H groups in total. The molecule has 5 nitrogen and oxygen atoms in total. The zero-order valence-corrected chi connectivity index (χ0v) is 20.2. The molecule has 2 atom stereocenters. The molecule has 1 heterocycles. The van der Waals surface area contributed by atoms with Crippen LogP contribution in [-0.4, -0.2) is 26.4 Å². The summed E-state index contributed by atoms with van der Waals surface area (Å²) < 4.78 is 32.9. The van der Waals surface area contributed by atoms with Crippen molar-refractivity contribution in [1.82, 2.24) is 5.32 Å². The Kier molecular flexibility index (Phi) is 7.22. The Labute approximate surface area is 204 Å². The van der Waals surface area contributed by atoms with Crippen LogP contribution < -0.4 is 10.1 Å². The molecule has 33 heavy (non-hydrogen) atoms. The molecular formula is C25H22BrClFNO4. The van der Waals surface area contributed by atoms with Crippen LogP contribution in [0.3, 0.4) is 0 Å². The lowest BCUT2D eigenvalue weighted by Gasteiger charge is -2.34. The number of amides is 1. The smallest absolute Gasteiger partial charge is 0.407 e. The number of rotatable bonds is 7. The highest BCUT2D eigenvalue weighted by atomic mass is 79.9. The maximum atomic E-state index is 14.5. The van der Waals surface area contributed by atoms with Crippen LogP contribution in [-0.2, 0) is 21.7 Å². The van der Waals surface area contributed by atoms with E-state index in [1.54, 1.807) is 0 Å². The van der Waals surface area contributed by atoms with E-state index in [-0.39, 0.29) is 18.2 Å². The molecule has 172 valence electrons. The second-order valence-corrected chi connectivity index (χ2v) is 8.81. The number of hydrogen-bond donors (Lipinski definition) is 1. The highest BCUT2D eigenvalue weighted by Gasteiger charge is 2.52. The van der Waals surface area contributed by atoms with Gasteiger partial charge < -0.3 is 19.5 Å². The number of carbonyl (C=O) groups excluding carboxylic acids is 1. The first-order chi connectivity index (χ1) is 16.0. The van der Waals surface area contributed by atoms with Crippen molar-refractivity contribution in [2.24, 2.45) is 0 Å². The maximum Gasteiger partial charge on any atom is 0.407 e. The van der Waals surface area contributed by atoms with Crippen molar-refractivity contribution in [3.05, 3.63) is 98.7 Å². The van der Waals surface area contributed by atoms with Crippen molar-refractivity contribution >= 4 is 33.6 Å². The quantitative estimate of drug-likeness (QED) is 0.368. The summed E-state index contributed by atoms with van der Waals surface area (Å²) in [5.41, 5.74) is 1.30. The summed E-state index contributed by atoms with van der Waals surface area (Å²) in [6.07, 6.45) is -0.600. The fraction of sp³-hybridized carbons (Fsp3) is 0.240. The van der Waals surface area contributed by atoms with Crippen LogP contribution in [0.5, 0.6) is 5.75 Å². The molecule has 0 radical (unpaired) electrons. The average molecular weight is 535 g/mol. The highest BCUT2D eigenvalue weighted by molar-refractivity contribution is 9.10. The molecular weight excluding hydrogens is 513 g/mol. The molecule has 0 unspecified atom stereocenters. The first-order valence-electron chi connectivity index (χ1n) is 10.3. The Bertz CT molecular complexity index is 1130. The molecule has 0 saturated heterocycles. The van der Waals surface area contributed by atoms with Crippen LogP contribution in [0.4, 0.5) is 9.18 Å². The standard InChI is InChI=1S/C25H22BrClFNO4/c1-29-24(30)32-15-25(17-10-6-3-7-11-17)18(14-31-13-16-8-4-2-5-9-16)21-20(33-25)12-19(28)23(27)22(21)26/h2-12,18H,13-15H2,1H3,(H,29,30)/t18-,25+/m0/s1. The fourth-order valence-corrected chi connectivity index (χ4v) is 4.84. The molecule has 0 aliphatic carbocycles. The minimum absolute atomic E-state index is 0.0403. The summed E-state index contributed by atoms with van der Waals surface area (Å²) in [6.45, 7) is 0.477. The van der Waals surface area contributed by atoms with Gasteiger partial charge in [0.25, 0.3) is 0 Å². The minimum atomic E-state index is -1.15. The highest BCUT2D eigenvalue weighted by Crippen LogP contribution is 2.55. The molecule has 4 rings (SSSR count). The first-order valence-corrected chi connectivity index (χ1v) is 11.5. The van der Waals surface area contributed by atoms with E-state index in [0.717, 1.165) is 11.1 Å². The lowest BCUT2D eigenvalue weighted by Crippen LogP contribution is -2.43. The molecule has 8 heteroatoms. The van der Waals surface area contributed by atoms with Crippen molar-refractivity contribution < 1.29 is 23.4 Å². The van der Waals surface area contributed by atoms with Gasteiger partial charge in [-0.3, -0.25) is 0 Å². The molecule has 1 amide bonds. The summed E-state index contributed by atoms with van der Waals surface area (Å²) in [6, 6.07) is 20.4. The number of alkyl carbamates (subject to hydrolysis) is 1. The molecule has 0 aromatic heterocycles. The summed E-state index contributed by atoms with van der Waals surface area (Å²) in [5.74, 6) is -0.737. The first kappa shape index (κ1) is 23.5. The Morgan fingerprint density at radius 3 is 2.52 bits per heavy atom. The second-order valence-electron chi connectivity index (χ2n) is 7.64. The maximum absolute atomic E-state index is 14.5. The van der Waals surface area contributed by atoms with E-state index in [4.69, 9.17) is 25.8 Å². The third kappa shape index (κ3) is 4.71. The molecule has 0 spiro atoms. The normalized spacial score (nSPS) is 19.0. The summed E-state index contributed by atoms with van der Waals surface area (Å²) in [5, 5.41) is 2.41. The predicted octanol–water partition coefficient (Wildman–Crippen LogP) is 6.19. The average Bonchev–Trinajstić information content (AvgIpc) is 3.16. The molecule has 3 aromatic carbocycles. The van der Waals surface area contributed by atoms with Gasteiger partial charge in [-0.15, -0.1) is 0 Å². The van der Waals surface area contributed by atoms with Crippen molar-refractivity contribution in [2.45, 2.75) is 18.1 Å². The molecule has 0 fully saturated rings. The summed E-state index contributed by atoms with van der Waals surface area (Å²) >= 11 is 9.68. The minimum Gasteiger partial charge on any atom is -0.478 e. The van der Waals surface area contributed by atoms with Gasteiger partial charge in [0.1, 0.15) is 18.2 Å². The van der Waals surface area contributed by atoms with Gasteiger partial charge in [0.15, 0.2) is 5.60 Å². The van der Waals surface area contributed by atoms with Crippen LogP contribution in [0.2, 0.25) is 5.02 Å². The molecule has 0 saturated carbocycles. The fourth-order valence-electron chi connectivity index (χ4n) is 4.02. The van der Waals surface area contributed by atoms with Crippen molar-refractivity contribution in [3.63, 3.8) is 0 Å². The van der Waals surface area contributed by atoms with Gasteiger partial charge in [0, 0.05) is 23.2 Å². The van der Waals surface area contributed by atoms with Gasteiger partial charge in [-0.2, -0.15) is 0 Å². The Hall–Kier alpha value is -2.61. The van der Waals surface area contributed by atoms with Gasteiger partial charge in [0.05, 0.1) is 24.2 Å². The van der Waals surface area contributed by atoms with Crippen molar-refractivity contribution in [1.29, 1.82) is 0 Å². The van der Waals surface area contributed by atoms with Gasteiger partial charge >= 0.3 is 6.09 Å². The third-order valence-corrected chi connectivity index (χ3v) is 7.07. The Balaban J connectivity index is 1.76. The molecule has 3 aromatic rings. The Morgan fingerprint density at radius 1 is 1.18 bits per heavy atom. The summed E-state index contributed by atoms with van der Waals surface area (Å²) in [7, 11) is 1.48. The number of carbonyl (C=O) groups is 1. The van der Waals surface area contributed by atoms with Crippen molar-refractivity contribution in [3.8, 4) is 5.75 Å². The topological polar surface area (TPSA) is 56.8 Å². The van der Waals surface area contributed by atoms with Gasteiger partial charge in [-0.05, 0) is 27.1 Å². The van der Waals surface area contributed by atoms with E-state index >= 15 is 0 Å². The third-order valence-electron chi connectivity index (χ3n) is 5.65. The monoisotopic (exact) mass is 533 g/mol. The van der Waals surface area contributed by atoms with Crippen LogP contribution in [0.1, 0.15) is 22.6 Å². The van der Waals surface area contributed by atoms with E-state index in [9.17, 15) is 9.18 Å². The number of hydrogen-bond acceptors (Lipinski definition) is 4. The number of fused-ring (bicyclic) bond motifs is 1. The zero-order chi connectivity index (χ0) is 23.4. The van der Waals surface area contributed by atoms with Gasteiger partial charge in [-0.25, -0.2) is 9.18 Å². The van der Waals surface area contributed by atoms with E-state index in [0.29, 0.717) is 22.4 Å². The zero-order valence-electron chi connectivity index (χ0n) is 17.8. The van der Waals surface area contributed by atoms with Gasteiger partial charge in [-0.1, -0.05) is 72.3 Å². The van der Waals surface area contributed by atoms with Crippen LogP contribution in [0.15, 0.2) is 71.2 Å². The molecule has 0 bridgehead atoms. The SMILES string of the molecule is CNC(=O)OC[C@]1(c2ccccc2)Oc2cc(F)c(Cl)c(Br)c2[C@@H]1COCc1ccccc1. The van der Waals surface area contributed by atoms with E-state index in [1.165, 1.54) is 13.1 Å². The predicted molar refractivity (Wildman–Crippen MR) is 127 cm³/mol.